The van der Waals surface area contributed by atoms with E-state index in [4.69, 9.17) is 4.74 Å². The van der Waals surface area contributed by atoms with Crippen LogP contribution in [0.4, 0.5) is 0 Å². The molecule has 80 valence electrons. The lowest BCUT2D eigenvalue weighted by molar-refractivity contribution is -0.134. The average molecular weight is 207 g/mol. The number of esters is 1. The number of carbonyl (C=O) groups excluding carboxylic acids is 2. The third-order valence-electron chi connectivity index (χ3n) is 1.68. The summed E-state index contributed by atoms with van der Waals surface area (Å²) in [5.74, 6) is 0.0165. The summed E-state index contributed by atoms with van der Waals surface area (Å²) in [5.41, 5.74) is 0. The van der Waals surface area contributed by atoms with Crippen LogP contribution in [0.5, 0.6) is 5.75 Å². The number of ether oxygens (including phenoxy) is 1. The van der Waals surface area contributed by atoms with Crippen LogP contribution in [0.3, 0.4) is 0 Å². The van der Waals surface area contributed by atoms with E-state index in [-0.39, 0.29) is 18.3 Å². The zero-order chi connectivity index (χ0) is 11.1. The number of hydrogen-bond acceptors (Lipinski definition) is 3. The van der Waals surface area contributed by atoms with Crippen LogP contribution in [0.15, 0.2) is 30.3 Å². The van der Waals surface area contributed by atoms with Gasteiger partial charge in [0.2, 0.25) is 5.91 Å². The van der Waals surface area contributed by atoms with Gasteiger partial charge < -0.3 is 10.1 Å². The molecule has 0 aromatic heterocycles. The van der Waals surface area contributed by atoms with Gasteiger partial charge in [-0.1, -0.05) is 18.2 Å². The molecule has 0 aliphatic carbocycles. The minimum absolute atomic E-state index is 0.150. The molecule has 0 unspecified atom stereocenters. The van der Waals surface area contributed by atoms with Crippen molar-refractivity contribution in [2.45, 2.75) is 13.3 Å². The van der Waals surface area contributed by atoms with Crippen molar-refractivity contribution in [1.29, 1.82) is 0 Å². The number of para-hydroxylation sites is 1. The molecule has 4 heteroatoms. The Bertz CT molecular complexity index is 335. The van der Waals surface area contributed by atoms with Crippen molar-refractivity contribution in [2.75, 3.05) is 6.54 Å². The van der Waals surface area contributed by atoms with Gasteiger partial charge in [-0.2, -0.15) is 0 Å². The first kappa shape index (κ1) is 11.2. The van der Waals surface area contributed by atoms with Gasteiger partial charge in [-0.15, -0.1) is 0 Å². The second kappa shape index (κ2) is 5.80. The summed E-state index contributed by atoms with van der Waals surface area (Å²) in [4.78, 5) is 21.7. The molecule has 1 rings (SSSR count). The predicted molar refractivity (Wildman–Crippen MR) is 55.4 cm³/mol. The maximum absolute atomic E-state index is 11.2. The van der Waals surface area contributed by atoms with Crippen LogP contribution in [-0.4, -0.2) is 18.4 Å². The second-order valence-corrected chi connectivity index (χ2v) is 3.02. The molecule has 0 fully saturated rings. The normalized spacial score (nSPS) is 9.40. The van der Waals surface area contributed by atoms with E-state index in [9.17, 15) is 9.59 Å². The number of benzene rings is 1. The van der Waals surface area contributed by atoms with Gasteiger partial charge in [-0.3, -0.25) is 9.59 Å². The fourth-order valence-corrected chi connectivity index (χ4v) is 1.01. The van der Waals surface area contributed by atoms with Crippen LogP contribution in [0.25, 0.3) is 0 Å². The van der Waals surface area contributed by atoms with Crippen molar-refractivity contribution in [3.8, 4) is 5.75 Å². The molecule has 0 saturated heterocycles. The highest BCUT2D eigenvalue weighted by Crippen LogP contribution is 2.08. The fourth-order valence-electron chi connectivity index (χ4n) is 1.01. The molecule has 0 atom stereocenters. The third kappa shape index (κ3) is 4.81. The molecule has 0 saturated carbocycles. The highest BCUT2D eigenvalue weighted by molar-refractivity contribution is 5.75. The molecular formula is C11H13NO3. The maximum Gasteiger partial charge on any atom is 0.312 e. The van der Waals surface area contributed by atoms with Crippen LogP contribution < -0.4 is 10.1 Å². The summed E-state index contributed by atoms with van der Waals surface area (Å²) < 4.78 is 5.01. The molecule has 0 heterocycles. The minimum Gasteiger partial charge on any atom is -0.426 e. The number of carbonyl (C=O) groups is 2. The van der Waals surface area contributed by atoms with E-state index in [0.717, 1.165) is 0 Å². The van der Waals surface area contributed by atoms with Gasteiger partial charge in [0.1, 0.15) is 5.75 Å². The second-order valence-electron chi connectivity index (χ2n) is 3.02. The van der Waals surface area contributed by atoms with E-state index < -0.39 is 0 Å². The summed E-state index contributed by atoms with van der Waals surface area (Å²) in [7, 11) is 0. The van der Waals surface area contributed by atoms with Crippen molar-refractivity contribution >= 4 is 11.9 Å². The molecule has 0 bridgehead atoms. The molecule has 1 amide bonds. The van der Waals surface area contributed by atoms with Gasteiger partial charge in [-0.05, 0) is 12.1 Å². The van der Waals surface area contributed by atoms with Crippen molar-refractivity contribution in [1.82, 2.24) is 5.32 Å². The number of hydrogen-bond donors (Lipinski definition) is 1. The molecule has 0 aliphatic rings. The van der Waals surface area contributed by atoms with E-state index >= 15 is 0 Å². The molecular weight excluding hydrogens is 194 g/mol. The van der Waals surface area contributed by atoms with Gasteiger partial charge >= 0.3 is 5.97 Å². The monoisotopic (exact) mass is 207 g/mol. The van der Waals surface area contributed by atoms with E-state index in [1.165, 1.54) is 6.92 Å². The van der Waals surface area contributed by atoms with Crippen molar-refractivity contribution in [3.63, 3.8) is 0 Å². The van der Waals surface area contributed by atoms with E-state index in [1.807, 2.05) is 6.07 Å². The smallest absolute Gasteiger partial charge is 0.312 e. The molecule has 15 heavy (non-hydrogen) atoms. The summed E-state index contributed by atoms with van der Waals surface area (Å²) in [6.07, 6.45) is 0.175. The Morgan fingerprint density at radius 2 is 1.93 bits per heavy atom. The zero-order valence-corrected chi connectivity index (χ0v) is 8.53. The lowest BCUT2D eigenvalue weighted by atomic mass is 10.3. The Balaban J connectivity index is 2.28. The molecule has 1 aromatic rings. The SMILES string of the molecule is CC(=O)NCCC(=O)Oc1ccccc1. The largest absolute Gasteiger partial charge is 0.426 e. The van der Waals surface area contributed by atoms with Gasteiger partial charge in [-0.25, -0.2) is 0 Å². The van der Waals surface area contributed by atoms with Crippen molar-refractivity contribution in [2.24, 2.45) is 0 Å². The Kier molecular flexibility index (Phi) is 4.34. The molecule has 0 aliphatic heterocycles. The lowest BCUT2D eigenvalue weighted by Crippen LogP contribution is -2.24. The van der Waals surface area contributed by atoms with Crippen LogP contribution in [0.2, 0.25) is 0 Å². The van der Waals surface area contributed by atoms with Crippen LogP contribution in [-0.2, 0) is 9.59 Å². The highest BCUT2D eigenvalue weighted by atomic mass is 16.5. The Morgan fingerprint density at radius 3 is 2.53 bits per heavy atom. The molecule has 1 aromatic carbocycles. The first-order chi connectivity index (χ1) is 7.18. The molecule has 1 N–H and O–H groups in total. The summed E-state index contributed by atoms with van der Waals surface area (Å²) >= 11 is 0. The average Bonchev–Trinajstić information content (AvgIpc) is 2.18. The number of rotatable bonds is 4. The van der Waals surface area contributed by atoms with Crippen molar-refractivity contribution in [3.05, 3.63) is 30.3 Å². The Labute approximate surface area is 88.2 Å². The quantitative estimate of drug-likeness (QED) is 0.594. The topological polar surface area (TPSA) is 55.4 Å². The van der Waals surface area contributed by atoms with Gasteiger partial charge in [0.25, 0.3) is 0 Å². The van der Waals surface area contributed by atoms with Crippen molar-refractivity contribution < 1.29 is 14.3 Å². The van der Waals surface area contributed by atoms with Gasteiger partial charge in [0.15, 0.2) is 0 Å². The minimum atomic E-state index is -0.352. The maximum atomic E-state index is 11.2. The van der Waals surface area contributed by atoms with Crippen LogP contribution in [0.1, 0.15) is 13.3 Å². The summed E-state index contributed by atoms with van der Waals surface area (Å²) in [6, 6.07) is 8.83. The number of nitrogens with one attached hydrogen (secondary N) is 1. The van der Waals surface area contributed by atoms with Gasteiger partial charge in [0.05, 0.1) is 6.42 Å². The first-order valence-corrected chi connectivity index (χ1v) is 4.68. The van der Waals surface area contributed by atoms with E-state index in [0.29, 0.717) is 12.3 Å². The Morgan fingerprint density at radius 1 is 1.27 bits per heavy atom. The van der Waals surface area contributed by atoms with Gasteiger partial charge in [0, 0.05) is 13.5 Å². The summed E-state index contributed by atoms with van der Waals surface area (Å²) in [5, 5.41) is 2.52. The predicted octanol–water partition coefficient (Wildman–Crippen LogP) is 1.12. The fraction of sp³-hybridized carbons (Fsp3) is 0.273. The standard InChI is InChI=1S/C11H13NO3/c1-9(13)12-8-7-11(14)15-10-5-3-2-4-6-10/h2-6H,7-8H2,1H3,(H,12,13). The van der Waals surface area contributed by atoms with E-state index in [2.05, 4.69) is 5.32 Å². The van der Waals surface area contributed by atoms with Crippen LogP contribution in [0, 0.1) is 0 Å². The summed E-state index contributed by atoms with van der Waals surface area (Å²) in [6.45, 7) is 1.71. The first-order valence-electron chi connectivity index (χ1n) is 4.68. The Hall–Kier alpha value is -1.84. The molecule has 0 spiro atoms. The number of amides is 1. The van der Waals surface area contributed by atoms with Crippen LogP contribution >= 0.6 is 0 Å². The molecule has 4 nitrogen and oxygen atoms in total. The van der Waals surface area contributed by atoms with E-state index in [1.54, 1.807) is 24.3 Å². The zero-order valence-electron chi connectivity index (χ0n) is 8.53. The lowest BCUT2D eigenvalue weighted by Gasteiger charge is -2.03. The highest BCUT2D eigenvalue weighted by Gasteiger charge is 2.03. The molecule has 0 radical (unpaired) electrons. The third-order valence-corrected chi connectivity index (χ3v) is 1.68.